The van der Waals surface area contributed by atoms with Crippen LogP contribution >= 0.6 is 11.6 Å². The Labute approximate surface area is 135 Å². The monoisotopic (exact) mass is 314 g/mol. The van der Waals surface area contributed by atoms with Crippen LogP contribution in [-0.2, 0) is 11.3 Å². The topological polar surface area (TPSA) is 27.1 Å². The zero-order valence-corrected chi connectivity index (χ0v) is 13.6. The Hall–Kier alpha value is -1.84. The molecule has 0 aliphatic carbocycles. The summed E-state index contributed by atoms with van der Waals surface area (Å²) in [6.45, 7) is 6.22. The quantitative estimate of drug-likeness (QED) is 0.638. The van der Waals surface area contributed by atoms with Gasteiger partial charge < -0.3 is 9.30 Å². The van der Waals surface area contributed by atoms with E-state index >= 15 is 0 Å². The number of halogens is 1. The summed E-state index contributed by atoms with van der Waals surface area (Å²) in [5, 5.41) is 0.723. The molecule has 0 aliphatic rings. The van der Waals surface area contributed by atoms with Gasteiger partial charge >= 0.3 is 0 Å². The zero-order valence-electron chi connectivity index (χ0n) is 12.8. The van der Waals surface area contributed by atoms with Gasteiger partial charge in [0.1, 0.15) is 5.82 Å². The van der Waals surface area contributed by atoms with E-state index in [-0.39, 0.29) is 0 Å². The molecule has 3 nitrogen and oxygen atoms in total. The Morgan fingerprint density at radius 1 is 1.14 bits per heavy atom. The van der Waals surface area contributed by atoms with E-state index in [9.17, 15) is 0 Å². The Kier molecular flexibility index (Phi) is 4.46. The van der Waals surface area contributed by atoms with Crippen molar-refractivity contribution in [3.63, 3.8) is 0 Å². The molecule has 4 heteroatoms. The molecule has 0 saturated heterocycles. The summed E-state index contributed by atoms with van der Waals surface area (Å²) >= 11 is 6.16. The molecule has 0 N–H and O–H groups in total. The largest absolute Gasteiger partial charge is 0.380 e. The predicted octanol–water partition coefficient (Wildman–Crippen LogP) is 4.70. The highest BCUT2D eigenvalue weighted by molar-refractivity contribution is 6.31. The lowest BCUT2D eigenvalue weighted by atomic mass is 10.1. The molecule has 0 spiro atoms. The van der Waals surface area contributed by atoms with Crippen LogP contribution in [0.2, 0.25) is 5.02 Å². The highest BCUT2D eigenvalue weighted by atomic mass is 35.5. The molecule has 0 unspecified atom stereocenters. The molecule has 0 amide bonds. The number of benzene rings is 2. The number of imidazole rings is 1. The minimum atomic E-state index is 0.660. The van der Waals surface area contributed by atoms with E-state index < -0.39 is 0 Å². The second-order valence-electron chi connectivity index (χ2n) is 5.28. The maximum atomic E-state index is 6.16. The van der Waals surface area contributed by atoms with Gasteiger partial charge in [0.05, 0.1) is 17.6 Å². The first-order chi connectivity index (χ1) is 10.7. The Bertz CT molecular complexity index is 778. The van der Waals surface area contributed by atoms with Gasteiger partial charge in [-0.2, -0.15) is 0 Å². The fourth-order valence-electron chi connectivity index (χ4n) is 2.55. The van der Waals surface area contributed by atoms with Crippen molar-refractivity contribution in [2.75, 3.05) is 13.2 Å². The molecule has 1 aromatic heterocycles. The molecule has 3 aromatic rings. The molecule has 1 heterocycles. The van der Waals surface area contributed by atoms with E-state index in [0.717, 1.165) is 34.0 Å². The lowest BCUT2D eigenvalue weighted by molar-refractivity contribution is 0.140. The number of fused-ring (bicyclic) bond motifs is 1. The fourth-order valence-corrected chi connectivity index (χ4v) is 2.71. The van der Waals surface area contributed by atoms with Gasteiger partial charge in [-0.05, 0) is 32.0 Å². The molecule has 0 bridgehead atoms. The highest BCUT2D eigenvalue weighted by Gasteiger charge is 2.12. The highest BCUT2D eigenvalue weighted by Crippen LogP contribution is 2.27. The van der Waals surface area contributed by atoms with Crippen molar-refractivity contribution in [1.29, 1.82) is 0 Å². The molecule has 0 atom stereocenters. The molecule has 0 aliphatic heterocycles. The molecule has 0 saturated carbocycles. The van der Waals surface area contributed by atoms with Crippen molar-refractivity contribution in [1.82, 2.24) is 9.55 Å². The van der Waals surface area contributed by atoms with E-state index in [1.54, 1.807) is 0 Å². The lowest BCUT2D eigenvalue weighted by Gasteiger charge is -2.10. The molecule has 2 aromatic carbocycles. The summed E-state index contributed by atoms with van der Waals surface area (Å²) in [4.78, 5) is 4.78. The minimum absolute atomic E-state index is 0.660. The molecule has 3 rings (SSSR count). The third-order valence-electron chi connectivity index (χ3n) is 3.68. The van der Waals surface area contributed by atoms with Crippen LogP contribution in [0.15, 0.2) is 42.5 Å². The second kappa shape index (κ2) is 6.51. The molecule has 0 fully saturated rings. The summed E-state index contributed by atoms with van der Waals surface area (Å²) in [6, 6.07) is 14.2. The molecule has 22 heavy (non-hydrogen) atoms. The summed E-state index contributed by atoms with van der Waals surface area (Å²) in [5.41, 5.74) is 4.34. The second-order valence-corrected chi connectivity index (χ2v) is 5.72. The fraction of sp³-hybridized carbons (Fsp3) is 0.278. The van der Waals surface area contributed by atoms with Crippen LogP contribution in [0.4, 0.5) is 0 Å². The average Bonchev–Trinajstić information content (AvgIpc) is 2.86. The van der Waals surface area contributed by atoms with Crippen LogP contribution in [-0.4, -0.2) is 22.8 Å². The Morgan fingerprint density at radius 3 is 2.64 bits per heavy atom. The predicted molar refractivity (Wildman–Crippen MR) is 91.4 cm³/mol. The van der Waals surface area contributed by atoms with Crippen molar-refractivity contribution in [3.05, 3.63) is 53.1 Å². The Balaban J connectivity index is 2.10. The number of aromatic nitrogens is 2. The first kappa shape index (κ1) is 15.1. The number of rotatable bonds is 5. The van der Waals surface area contributed by atoms with Gasteiger partial charge in [0, 0.05) is 23.7 Å². The third kappa shape index (κ3) is 3.01. The van der Waals surface area contributed by atoms with Crippen LogP contribution in [0, 0.1) is 6.92 Å². The van der Waals surface area contributed by atoms with Crippen molar-refractivity contribution >= 4 is 22.6 Å². The van der Waals surface area contributed by atoms with E-state index in [0.29, 0.717) is 13.2 Å². The van der Waals surface area contributed by atoms with Crippen molar-refractivity contribution in [2.45, 2.75) is 20.4 Å². The first-order valence-corrected chi connectivity index (χ1v) is 7.87. The zero-order chi connectivity index (χ0) is 15.5. The van der Waals surface area contributed by atoms with E-state index in [4.69, 9.17) is 21.3 Å². The smallest absolute Gasteiger partial charge is 0.141 e. The first-order valence-electron chi connectivity index (χ1n) is 7.49. The van der Waals surface area contributed by atoms with Crippen LogP contribution in [0.5, 0.6) is 0 Å². The molecule has 0 radical (unpaired) electrons. The summed E-state index contributed by atoms with van der Waals surface area (Å²) < 4.78 is 7.70. The number of ether oxygens (including phenoxy) is 1. The van der Waals surface area contributed by atoms with Gasteiger partial charge in [0.25, 0.3) is 0 Å². The van der Waals surface area contributed by atoms with Crippen LogP contribution < -0.4 is 0 Å². The summed E-state index contributed by atoms with van der Waals surface area (Å²) in [6.07, 6.45) is 0. The maximum absolute atomic E-state index is 6.16. The van der Waals surface area contributed by atoms with E-state index in [1.807, 2.05) is 25.1 Å². The number of aryl methyl sites for hydroxylation is 1. The number of nitrogens with zero attached hydrogens (tertiary/aromatic N) is 2. The van der Waals surface area contributed by atoms with Crippen LogP contribution in [0.3, 0.4) is 0 Å². The van der Waals surface area contributed by atoms with Gasteiger partial charge in [-0.3, -0.25) is 0 Å². The normalized spacial score (nSPS) is 11.2. The van der Waals surface area contributed by atoms with Crippen LogP contribution in [0.1, 0.15) is 12.5 Å². The molecular weight excluding hydrogens is 296 g/mol. The average molecular weight is 315 g/mol. The maximum Gasteiger partial charge on any atom is 0.141 e. The van der Waals surface area contributed by atoms with Crippen LogP contribution in [0.25, 0.3) is 22.4 Å². The Morgan fingerprint density at radius 2 is 1.91 bits per heavy atom. The van der Waals surface area contributed by atoms with Crippen molar-refractivity contribution in [3.8, 4) is 11.4 Å². The molecular formula is C18H19ClN2O. The van der Waals surface area contributed by atoms with Gasteiger partial charge in [-0.1, -0.05) is 41.4 Å². The third-order valence-corrected chi connectivity index (χ3v) is 3.92. The summed E-state index contributed by atoms with van der Waals surface area (Å²) in [7, 11) is 0. The van der Waals surface area contributed by atoms with Gasteiger partial charge in [0.2, 0.25) is 0 Å². The molecule has 114 valence electrons. The van der Waals surface area contributed by atoms with Crippen molar-refractivity contribution < 1.29 is 4.74 Å². The van der Waals surface area contributed by atoms with Gasteiger partial charge in [-0.25, -0.2) is 4.98 Å². The van der Waals surface area contributed by atoms with Gasteiger partial charge in [0.15, 0.2) is 0 Å². The van der Waals surface area contributed by atoms with Gasteiger partial charge in [-0.15, -0.1) is 0 Å². The van der Waals surface area contributed by atoms with E-state index in [1.165, 1.54) is 5.56 Å². The minimum Gasteiger partial charge on any atom is -0.380 e. The lowest BCUT2D eigenvalue weighted by Crippen LogP contribution is -2.07. The number of hydrogen-bond acceptors (Lipinski definition) is 2. The number of hydrogen-bond donors (Lipinski definition) is 0. The standard InChI is InChI=1S/C18H19ClN2O/c1-3-22-11-10-21-17-12-15(19)8-9-16(17)20-18(21)14-6-4-13(2)5-7-14/h4-9,12H,3,10-11H2,1-2H3. The summed E-state index contributed by atoms with van der Waals surface area (Å²) in [5.74, 6) is 0.956. The SMILES string of the molecule is CCOCCn1c(-c2ccc(C)cc2)nc2ccc(Cl)cc21. The van der Waals surface area contributed by atoms with Crippen molar-refractivity contribution in [2.24, 2.45) is 0 Å². The van der Waals surface area contributed by atoms with E-state index in [2.05, 4.69) is 35.8 Å².